The molecule has 1 heterocycles. The predicted octanol–water partition coefficient (Wildman–Crippen LogP) is 6.99. The van der Waals surface area contributed by atoms with Crippen molar-refractivity contribution >= 4 is 0 Å². The Balaban J connectivity index is 1.94. The standard InChI is InChI=1S/C26H24N2/c1-3-19(2)22-16-10-11-17-23(22)26-25(21-14-8-5-9-15-21)28-24(18-27-26)20-12-6-4-7-13-20/h4-19H,3H2,1-2H3. The van der Waals surface area contributed by atoms with Gasteiger partial charge in [-0.2, -0.15) is 0 Å². The highest BCUT2D eigenvalue weighted by atomic mass is 14.8. The van der Waals surface area contributed by atoms with Crippen LogP contribution in [0.25, 0.3) is 33.8 Å². The third kappa shape index (κ3) is 3.59. The molecule has 2 heteroatoms. The molecule has 1 aromatic heterocycles. The monoisotopic (exact) mass is 364 g/mol. The van der Waals surface area contributed by atoms with Crippen LogP contribution in [0.1, 0.15) is 31.7 Å². The van der Waals surface area contributed by atoms with Crippen molar-refractivity contribution in [1.82, 2.24) is 9.97 Å². The van der Waals surface area contributed by atoms with Crippen LogP contribution in [0.15, 0.2) is 91.1 Å². The van der Waals surface area contributed by atoms with Gasteiger partial charge in [-0.25, -0.2) is 4.98 Å². The molecule has 4 aromatic rings. The lowest BCUT2D eigenvalue weighted by Gasteiger charge is -2.17. The van der Waals surface area contributed by atoms with Crippen molar-refractivity contribution in [3.63, 3.8) is 0 Å². The van der Waals surface area contributed by atoms with Crippen molar-refractivity contribution in [2.45, 2.75) is 26.2 Å². The molecule has 0 spiro atoms. The molecule has 0 aliphatic carbocycles. The summed E-state index contributed by atoms with van der Waals surface area (Å²) in [6.07, 6.45) is 2.98. The molecule has 1 unspecified atom stereocenters. The highest BCUT2D eigenvalue weighted by Gasteiger charge is 2.17. The van der Waals surface area contributed by atoms with Crippen LogP contribution < -0.4 is 0 Å². The lowest BCUT2D eigenvalue weighted by atomic mass is 9.90. The number of rotatable bonds is 5. The minimum atomic E-state index is 0.468. The Kier molecular flexibility index (Phi) is 5.29. The number of nitrogens with zero attached hydrogens (tertiary/aromatic N) is 2. The summed E-state index contributed by atoms with van der Waals surface area (Å²) in [4.78, 5) is 9.97. The lowest BCUT2D eigenvalue weighted by molar-refractivity contribution is 0.735. The largest absolute Gasteiger partial charge is 0.252 e. The van der Waals surface area contributed by atoms with Crippen molar-refractivity contribution in [1.29, 1.82) is 0 Å². The average molecular weight is 364 g/mol. The van der Waals surface area contributed by atoms with Gasteiger partial charge in [-0.15, -0.1) is 0 Å². The maximum atomic E-state index is 5.05. The molecule has 0 radical (unpaired) electrons. The molecule has 0 aliphatic rings. The molecule has 0 amide bonds. The summed E-state index contributed by atoms with van der Waals surface area (Å²) in [6.45, 7) is 4.50. The first-order valence-corrected chi connectivity index (χ1v) is 9.85. The summed E-state index contributed by atoms with van der Waals surface area (Å²) >= 11 is 0. The first-order chi connectivity index (χ1) is 13.8. The molecule has 0 N–H and O–H groups in total. The van der Waals surface area contributed by atoms with E-state index >= 15 is 0 Å². The van der Waals surface area contributed by atoms with Gasteiger partial charge >= 0.3 is 0 Å². The van der Waals surface area contributed by atoms with Crippen LogP contribution in [-0.2, 0) is 0 Å². The third-order valence-electron chi connectivity index (χ3n) is 5.25. The fraction of sp³-hybridized carbons (Fsp3) is 0.154. The summed E-state index contributed by atoms with van der Waals surface area (Å²) < 4.78 is 0. The lowest BCUT2D eigenvalue weighted by Crippen LogP contribution is -2.00. The van der Waals surface area contributed by atoms with Gasteiger partial charge in [0.2, 0.25) is 0 Å². The molecular formula is C26H24N2. The molecule has 28 heavy (non-hydrogen) atoms. The summed E-state index contributed by atoms with van der Waals surface area (Å²) in [7, 11) is 0. The topological polar surface area (TPSA) is 25.8 Å². The van der Waals surface area contributed by atoms with E-state index in [0.29, 0.717) is 5.92 Å². The van der Waals surface area contributed by atoms with Gasteiger partial charge in [0.25, 0.3) is 0 Å². The van der Waals surface area contributed by atoms with Crippen LogP contribution in [0.2, 0.25) is 0 Å². The Hall–Kier alpha value is -3.26. The summed E-state index contributed by atoms with van der Waals surface area (Å²) in [5.41, 5.74) is 7.42. The highest BCUT2D eigenvalue weighted by Crippen LogP contribution is 2.36. The zero-order chi connectivity index (χ0) is 19.3. The van der Waals surface area contributed by atoms with E-state index < -0.39 is 0 Å². The molecule has 0 bridgehead atoms. The molecule has 0 fully saturated rings. The average Bonchev–Trinajstić information content (AvgIpc) is 2.79. The fourth-order valence-electron chi connectivity index (χ4n) is 3.49. The minimum Gasteiger partial charge on any atom is -0.252 e. The molecule has 0 aliphatic heterocycles. The van der Waals surface area contributed by atoms with Crippen LogP contribution in [0.5, 0.6) is 0 Å². The Morgan fingerprint density at radius 1 is 0.714 bits per heavy atom. The summed E-state index contributed by atoms with van der Waals surface area (Å²) in [6, 6.07) is 29.2. The van der Waals surface area contributed by atoms with E-state index in [1.807, 2.05) is 30.5 Å². The van der Waals surface area contributed by atoms with Crippen molar-refractivity contribution in [3.05, 3.63) is 96.7 Å². The van der Waals surface area contributed by atoms with Crippen LogP contribution >= 0.6 is 0 Å². The van der Waals surface area contributed by atoms with Crippen LogP contribution in [-0.4, -0.2) is 9.97 Å². The van der Waals surface area contributed by atoms with E-state index in [0.717, 1.165) is 34.6 Å². The maximum Gasteiger partial charge on any atom is 0.0972 e. The van der Waals surface area contributed by atoms with Gasteiger partial charge in [-0.05, 0) is 17.9 Å². The van der Waals surface area contributed by atoms with Gasteiger partial charge in [-0.1, -0.05) is 98.8 Å². The van der Waals surface area contributed by atoms with Crippen LogP contribution in [0, 0.1) is 0 Å². The van der Waals surface area contributed by atoms with Gasteiger partial charge < -0.3 is 0 Å². The quantitative estimate of drug-likeness (QED) is 0.381. The van der Waals surface area contributed by atoms with E-state index in [2.05, 4.69) is 74.5 Å². The summed E-state index contributed by atoms with van der Waals surface area (Å²) in [5.74, 6) is 0.468. The minimum absolute atomic E-state index is 0.468. The smallest absolute Gasteiger partial charge is 0.0972 e. The van der Waals surface area contributed by atoms with E-state index in [1.54, 1.807) is 0 Å². The van der Waals surface area contributed by atoms with Gasteiger partial charge in [0.05, 0.1) is 23.3 Å². The molecular weight excluding hydrogens is 340 g/mol. The number of aromatic nitrogens is 2. The van der Waals surface area contributed by atoms with E-state index in [9.17, 15) is 0 Å². The predicted molar refractivity (Wildman–Crippen MR) is 117 cm³/mol. The van der Waals surface area contributed by atoms with Crippen molar-refractivity contribution < 1.29 is 0 Å². The highest BCUT2D eigenvalue weighted by molar-refractivity contribution is 5.81. The fourth-order valence-corrected chi connectivity index (χ4v) is 3.49. The zero-order valence-corrected chi connectivity index (χ0v) is 16.3. The molecule has 2 nitrogen and oxygen atoms in total. The van der Waals surface area contributed by atoms with E-state index in [-0.39, 0.29) is 0 Å². The van der Waals surface area contributed by atoms with Crippen LogP contribution in [0.4, 0.5) is 0 Å². The van der Waals surface area contributed by atoms with Crippen molar-refractivity contribution in [2.75, 3.05) is 0 Å². The normalized spacial score (nSPS) is 11.9. The number of benzene rings is 3. The molecule has 138 valence electrons. The SMILES string of the molecule is CCC(C)c1ccccc1-c1ncc(-c2ccccc2)nc1-c1ccccc1. The zero-order valence-electron chi connectivity index (χ0n) is 16.3. The van der Waals surface area contributed by atoms with Gasteiger partial charge in [0.15, 0.2) is 0 Å². The second-order valence-corrected chi connectivity index (χ2v) is 7.08. The molecule has 4 rings (SSSR count). The second-order valence-electron chi connectivity index (χ2n) is 7.08. The van der Waals surface area contributed by atoms with Gasteiger partial charge in [-0.3, -0.25) is 4.98 Å². The Bertz CT molecular complexity index is 1060. The van der Waals surface area contributed by atoms with Gasteiger partial charge in [0.1, 0.15) is 0 Å². The Morgan fingerprint density at radius 3 is 2.00 bits per heavy atom. The van der Waals surface area contributed by atoms with Crippen LogP contribution in [0.3, 0.4) is 0 Å². The first-order valence-electron chi connectivity index (χ1n) is 9.85. The van der Waals surface area contributed by atoms with Gasteiger partial charge in [0, 0.05) is 16.7 Å². The van der Waals surface area contributed by atoms with E-state index in [1.165, 1.54) is 11.1 Å². The maximum absolute atomic E-state index is 5.05. The van der Waals surface area contributed by atoms with E-state index in [4.69, 9.17) is 9.97 Å². The third-order valence-corrected chi connectivity index (χ3v) is 5.25. The molecule has 0 saturated carbocycles. The number of hydrogen-bond acceptors (Lipinski definition) is 2. The Labute approximate surface area is 167 Å². The summed E-state index contributed by atoms with van der Waals surface area (Å²) in [5, 5.41) is 0. The van der Waals surface area contributed by atoms with Crippen molar-refractivity contribution in [3.8, 4) is 33.8 Å². The Morgan fingerprint density at radius 2 is 1.32 bits per heavy atom. The molecule has 0 saturated heterocycles. The molecule has 3 aromatic carbocycles. The van der Waals surface area contributed by atoms with Crippen molar-refractivity contribution in [2.24, 2.45) is 0 Å². The second kappa shape index (κ2) is 8.18. The first kappa shape index (κ1) is 18.1. The molecule has 1 atom stereocenters. The number of hydrogen-bond donors (Lipinski definition) is 0.